The van der Waals surface area contributed by atoms with Crippen LogP contribution in [0.2, 0.25) is 0 Å². The summed E-state index contributed by atoms with van der Waals surface area (Å²) in [5.41, 5.74) is -2.65. The Kier molecular flexibility index (Phi) is 5.73. The van der Waals surface area contributed by atoms with Gasteiger partial charge in [-0.3, -0.25) is 14.1 Å². The molecule has 0 unspecified atom stereocenters. The van der Waals surface area contributed by atoms with Crippen molar-refractivity contribution in [2.24, 2.45) is 40.4 Å². The summed E-state index contributed by atoms with van der Waals surface area (Å²) in [6.07, 6.45) is 7.51. The van der Waals surface area contributed by atoms with Gasteiger partial charge >= 0.3 is 0 Å². The Hall–Kier alpha value is -1.25. The molecule has 34 heavy (non-hydrogen) atoms. The molecule has 0 bridgehead atoms. The Morgan fingerprint density at radius 3 is 2.71 bits per heavy atom. The average molecular weight is 500 g/mol. The maximum absolute atomic E-state index is 12.5. The van der Waals surface area contributed by atoms with Gasteiger partial charge in [-0.05, 0) is 91.4 Å². The first-order valence-corrected chi connectivity index (χ1v) is 14.0. The lowest BCUT2D eigenvalue weighted by Crippen LogP contribution is -2.55. The zero-order valence-corrected chi connectivity index (χ0v) is 21.2. The molecular formula is C26H41NO6S. The molecule has 8 heteroatoms. The number of ketones is 1. The molecular weight excluding hydrogens is 454 g/mol. The first-order chi connectivity index (χ1) is 17.3. The van der Waals surface area contributed by atoms with Gasteiger partial charge in [-0.25, -0.2) is 0 Å². The molecule has 1 amide bonds. The Labute approximate surface area is 209 Å². The summed E-state index contributed by atoms with van der Waals surface area (Å²) in [4.78, 5) is 24.6. The second-order valence-electron chi connectivity index (χ2n) is 11.6. The van der Waals surface area contributed by atoms with E-state index in [1.54, 1.807) is 6.08 Å². The van der Waals surface area contributed by atoms with Gasteiger partial charge in [-0.15, -0.1) is 0 Å². The summed E-state index contributed by atoms with van der Waals surface area (Å²) in [5, 5.41) is 13.1. The number of amides is 1. The lowest BCUT2D eigenvalue weighted by molar-refractivity contribution is -0.124. The third-order valence-corrected chi connectivity index (χ3v) is 10.3. The van der Waals surface area contributed by atoms with E-state index in [2.05, 4.69) is 20.8 Å². The highest BCUT2D eigenvalue weighted by Gasteiger charge is 2.61. The first kappa shape index (κ1) is 20.9. The maximum atomic E-state index is 12.5. The number of carbonyl (C=O) groups excluding carboxylic acids is 2. The van der Waals surface area contributed by atoms with Crippen LogP contribution in [0.1, 0.15) is 84.0 Å². The van der Waals surface area contributed by atoms with Gasteiger partial charge in [0.15, 0.2) is 5.78 Å². The summed E-state index contributed by atoms with van der Waals surface area (Å²) in [7, 11) is -5.40. The van der Waals surface area contributed by atoms with E-state index in [-0.39, 0.29) is 34.9 Å². The van der Waals surface area contributed by atoms with Crippen LogP contribution < -0.4 is 5.32 Å². The molecule has 8 atom stereocenters. The lowest BCUT2D eigenvalue weighted by atomic mass is 9.45. The number of aliphatic hydroxyl groups is 1. The minimum absolute atomic E-state index is 0.0167. The number of fused-ring (bicyclic) bond motifs is 5. The molecule has 0 saturated heterocycles. The predicted molar refractivity (Wildman–Crippen MR) is 129 cm³/mol. The van der Waals surface area contributed by atoms with Crippen LogP contribution in [0.4, 0.5) is 0 Å². The molecule has 0 radical (unpaired) electrons. The van der Waals surface area contributed by atoms with Crippen molar-refractivity contribution >= 4 is 21.8 Å². The van der Waals surface area contributed by atoms with Crippen molar-refractivity contribution in [2.75, 3.05) is 12.2 Å². The quantitative estimate of drug-likeness (QED) is 0.461. The smallest absolute Gasteiger partial charge is 0.266 e. The fraction of sp³-hybridized carbons (Fsp3) is 0.846. The largest absolute Gasteiger partial charge is 0.392 e. The van der Waals surface area contributed by atoms with E-state index in [1.807, 2.05) is 5.32 Å². The van der Waals surface area contributed by atoms with Crippen molar-refractivity contribution in [3.05, 3.63) is 11.6 Å². The molecule has 192 valence electrons. The standard InChI is InChI=1S/C26H41NO6S/c1-16(4-7-23(30)27-12-13-34(31,32)33)19-5-6-20-24-21(9-11-26(19,20)3)25(2)10-8-18(28)14-17(25)15-22(24)29/h14,16,19-22,24,29H,4-13,15H2,1-3H3,(H,27,30)(H,31,32,33)/t16-,19-,20+,21+,22-,24+,25+,26-/m1/s1/i12D2,13D2. The van der Waals surface area contributed by atoms with E-state index >= 15 is 0 Å². The van der Waals surface area contributed by atoms with E-state index < -0.39 is 34.3 Å². The Bertz CT molecular complexity index is 1130. The second-order valence-corrected chi connectivity index (χ2v) is 12.8. The van der Waals surface area contributed by atoms with E-state index in [1.165, 1.54) is 0 Å². The number of hydrogen-bond acceptors (Lipinski definition) is 5. The van der Waals surface area contributed by atoms with Crippen LogP contribution in [0.15, 0.2) is 11.6 Å². The molecule has 3 fully saturated rings. The summed E-state index contributed by atoms with van der Waals surface area (Å²) in [6, 6.07) is 0. The number of aliphatic hydroxyl groups excluding tert-OH is 1. The Morgan fingerprint density at radius 1 is 1.26 bits per heavy atom. The molecule has 3 saturated carbocycles. The molecule has 0 heterocycles. The minimum Gasteiger partial charge on any atom is -0.392 e. The van der Waals surface area contributed by atoms with E-state index in [9.17, 15) is 23.1 Å². The molecule has 0 aromatic rings. The SMILES string of the molecule is [2H]C([2H])(NC(=O)CC[C@@H](C)[C@H]1CC[C@H]2[C@@H]3[C@H](O)CC4=CC(=O)CC[C@]4(C)[C@H]3CC[C@]12C)C([2H])([2H])S(=O)(=O)O. The summed E-state index contributed by atoms with van der Waals surface area (Å²) < 4.78 is 61.8. The highest BCUT2D eigenvalue weighted by Crippen LogP contribution is 2.67. The number of rotatable bonds is 7. The van der Waals surface area contributed by atoms with Crippen molar-refractivity contribution in [1.82, 2.24) is 5.32 Å². The Balaban J connectivity index is 1.43. The van der Waals surface area contributed by atoms with Crippen LogP contribution >= 0.6 is 0 Å². The number of hydrogen-bond donors (Lipinski definition) is 3. The molecule has 0 aromatic heterocycles. The summed E-state index contributed by atoms with van der Waals surface area (Å²) >= 11 is 0. The molecule has 3 N–H and O–H groups in total. The van der Waals surface area contributed by atoms with Gasteiger partial charge in [0.1, 0.15) is 0 Å². The zero-order chi connectivity index (χ0) is 28.5. The van der Waals surface area contributed by atoms with Crippen LogP contribution in [0.5, 0.6) is 0 Å². The van der Waals surface area contributed by atoms with Crippen molar-refractivity contribution in [3.8, 4) is 0 Å². The second kappa shape index (κ2) is 9.32. The van der Waals surface area contributed by atoms with E-state index in [0.29, 0.717) is 37.0 Å². The fourth-order valence-corrected chi connectivity index (χ4v) is 8.46. The van der Waals surface area contributed by atoms with Gasteiger partial charge in [0, 0.05) is 22.1 Å². The van der Waals surface area contributed by atoms with Gasteiger partial charge in [0.2, 0.25) is 5.91 Å². The minimum atomic E-state index is -5.40. The fourth-order valence-electron chi connectivity index (χ4n) is 8.28. The third-order valence-electron chi connectivity index (χ3n) is 9.95. The van der Waals surface area contributed by atoms with Crippen LogP contribution in [0.25, 0.3) is 0 Å². The van der Waals surface area contributed by atoms with Gasteiger partial charge in [-0.2, -0.15) is 8.42 Å². The average Bonchev–Trinajstić information content (AvgIpc) is 3.14. The molecule has 7 nitrogen and oxygen atoms in total. The third kappa shape index (κ3) is 4.74. The summed E-state index contributed by atoms with van der Waals surface area (Å²) in [6.45, 7) is 3.34. The van der Waals surface area contributed by atoms with Crippen molar-refractivity contribution in [1.29, 1.82) is 0 Å². The van der Waals surface area contributed by atoms with E-state index in [0.717, 1.165) is 37.7 Å². The molecule has 0 aromatic carbocycles. The number of nitrogens with one attached hydrogen (secondary N) is 1. The predicted octanol–water partition coefficient (Wildman–Crippen LogP) is 3.53. The van der Waals surface area contributed by atoms with Crippen LogP contribution in [-0.2, 0) is 19.7 Å². The van der Waals surface area contributed by atoms with Crippen LogP contribution in [-0.4, -0.2) is 48.1 Å². The monoisotopic (exact) mass is 499 g/mol. The van der Waals surface area contributed by atoms with E-state index in [4.69, 9.17) is 10.0 Å². The Morgan fingerprint density at radius 2 is 2.00 bits per heavy atom. The van der Waals surface area contributed by atoms with Crippen molar-refractivity contribution in [2.45, 2.75) is 84.7 Å². The normalized spacial score (nSPS) is 43.1. The highest BCUT2D eigenvalue weighted by atomic mass is 32.2. The topological polar surface area (TPSA) is 121 Å². The van der Waals surface area contributed by atoms with Crippen molar-refractivity contribution in [3.63, 3.8) is 0 Å². The van der Waals surface area contributed by atoms with Crippen LogP contribution in [0.3, 0.4) is 0 Å². The van der Waals surface area contributed by atoms with Gasteiger partial charge in [0.25, 0.3) is 10.1 Å². The maximum Gasteiger partial charge on any atom is 0.266 e. The molecule has 4 aliphatic rings. The van der Waals surface area contributed by atoms with Crippen molar-refractivity contribution < 1.29 is 33.1 Å². The highest BCUT2D eigenvalue weighted by molar-refractivity contribution is 7.85. The molecule has 4 rings (SSSR count). The van der Waals surface area contributed by atoms with Gasteiger partial charge in [-0.1, -0.05) is 26.3 Å². The van der Waals surface area contributed by atoms with Crippen LogP contribution in [0, 0.1) is 40.4 Å². The molecule has 0 spiro atoms. The molecule has 0 aliphatic heterocycles. The lowest BCUT2D eigenvalue weighted by Gasteiger charge is -2.59. The first-order valence-electron chi connectivity index (χ1n) is 14.5. The van der Waals surface area contributed by atoms with Gasteiger partial charge in [0.05, 0.1) is 14.6 Å². The van der Waals surface area contributed by atoms with Gasteiger partial charge < -0.3 is 10.4 Å². The molecule has 4 aliphatic carbocycles. The zero-order valence-electron chi connectivity index (χ0n) is 24.3. The number of carbonyl (C=O) groups is 2. The summed E-state index contributed by atoms with van der Waals surface area (Å²) in [5.74, 6) is 0.583.